The van der Waals surface area contributed by atoms with E-state index in [0.717, 1.165) is 16.9 Å². The molecule has 7 unspecified atom stereocenters. The van der Waals surface area contributed by atoms with Crippen LogP contribution in [0.15, 0.2) is 25.2 Å². The van der Waals surface area contributed by atoms with Gasteiger partial charge in [-0.3, -0.25) is 4.52 Å². The lowest BCUT2D eigenvalue weighted by Gasteiger charge is -2.41. The van der Waals surface area contributed by atoms with E-state index in [9.17, 15) is 45.0 Å². The highest BCUT2D eigenvalue weighted by molar-refractivity contribution is 8.08. The van der Waals surface area contributed by atoms with E-state index in [1.54, 1.807) is 0 Å². The van der Waals surface area contributed by atoms with Crippen molar-refractivity contribution in [1.29, 1.82) is 0 Å². The van der Waals surface area contributed by atoms with Gasteiger partial charge in [-0.1, -0.05) is 6.08 Å². The minimum atomic E-state index is -5.48. The van der Waals surface area contributed by atoms with Crippen LogP contribution in [0.3, 0.4) is 0 Å². The summed E-state index contributed by atoms with van der Waals surface area (Å²) in [5, 5.41) is 74.8. The first-order valence-corrected chi connectivity index (χ1v) is 16.0. The smallest absolute Gasteiger partial charge is 0.394 e. The van der Waals surface area contributed by atoms with Gasteiger partial charge in [0.15, 0.2) is 11.9 Å². The van der Waals surface area contributed by atoms with Gasteiger partial charge in [-0.2, -0.15) is 9.61 Å². The summed E-state index contributed by atoms with van der Waals surface area (Å²) in [5.41, 5.74) is 3.91. The molecule has 2 saturated heterocycles. The SMILES string of the molecule is C=C[C@@]1(O)[C@H](O)[C@@H](COP(O)(=S)OP(=O)(O)OC2OC([C@@H](O)CO)C(O)C(O)C2O)O[C@H]1c1cnn2c(N)ncnc12. The molecule has 0 spiro atoms. The van der Waals surface area contributed by atoms with Gasteiger partial charge in [0.05, 0.1) is 19.4 Å². The van der Waals surface area contributed by atoms with E-state index >= 15 is 0 Å². The lowest BCUT2D eigenvalue weighted by atomic mass is 9.88. The highest BCUT2D eigenvalue weighted by Gasteiger charge is 2.56. The zero-order valence-corrected chi connectivity index (χ0v) is 23.8. The summed E-state index contributed by atoms with van der Waals surface area (Å²) in [7, 11) is -5.48. The Hall–Kier alpha value is -1.59. The van der Waals surface area contributed by atoms with Gasteiger partial charge in [0.2, 0.25) is 5.95 Å². The number of phosphoric acid groups is 1. The van der Waals surface area contributed by atoms with Crippen LogP contribution in [0.1, 0.15) is 11.7 Å². The van der Waals surface area contributed by atoms with Crippen molar-refractivity contribution < 1.29 is 72.9 Å². The average molecular weight is 661 g/mol. The molecule has 0 amide bonds. The fourth-order valence-corrected chi connectivity index (χ4v) is 7.48. The quantitative estimate of drug-likeness (QED) is 0.0809. The number of aliphatic hydroxyl groups is 7. The Kier molecular flexibility index (Phi) is 9.85. The minimum Gasteiger partial charge on any atom is -0.394 e. The number of nitrogens with two attached hydrogens (primary N) is 1. The Balaban J connectivity index is 1.44. The molecule has 11 N–H and O–H groups in total. The van der Waals surface area contributed by atoms with Crippen LogP contribution in [0.5, 0.6) is 0 Å². The average Bonchev–Trinajstić information content (AvgIpc) is 3.46. The molecule has 23 heteroatoms. The van der Waals surface area contributed by atoms with Crippen molar-refractivity contribution >= 4 is 37.9 Å². The van der Waals surface area contributed by atoms with Crippen molar-refractivity contribution in [3.8, 4) is 0 Å². The predicted octanol–water partition coefficient (Wildman–Crippen LogP) is -4.05. The van der Waals surface area contributed by atoms with E-state index in [1.165, 1.54) is 6.20 Å². The van der Waals surface area contributed by atoms with Crippen LogP contribution in [0, 0.1) is 0 Å². The van der Waals surface area contributed by atoms with E-state index in [2.05, 4.69) is 30.5 Å². The lowest BCUT2D eigenvalue weighted by Crippen LogP contribution is -2.61. The standard InChI is InChI=1S/C19H29N5O15P2S/c1-2-19(31)14(30)9(36-15(19)7-3-23-24-16(7)21-6-22-18(24)20)5-35-41(34,42)39-40(32,33)38-17-12(29)10(27)11(28)13(37-17)8(26)4-25/h2-3,6,8-15,17,25-31H,1,4-5H2,(H,32,33)(H,34,42)(H2,20,21,22)/t8-,9+,10?,11?,12?,13?,14+,15-,17?,19+,41?/m0/s1. The zero-order valence-electron chi connectivity index (χ0n) is 21.2. The van der Waals surface area contributed by atoms with Crippen LogP contribution in [-0.4, -0.2) is 133 Å². The van der Waals surface area contributed by atoms with Crippen molar-refractivity contribution in [3.05, 3.63) is 30.7 Å². The van der Waals surface area contributed by atoms with E-state index in [0.29, 0.717) is 0 Å². The molecule has 12 atom stereocenters. The summed E-state index contributed by atoms with van der Waals surface area (Å²) in [6.07, 6.45) is -13.0. The number of phosphoric ester groups is 1. The van der Waals surface area contributed by atoms with Crippen molar-refractivity contribution in [2.24, 2.45) is 0 Å². The largest absolute Gasteiger partial charge is 0.481 e. The molecule has 0 bridgehead atoms. The van der Waals surface area contributed by atoms with Crippen molar-refractivity contribution in [3.63, 3.8) is 0 Å². The molecular weight excluding hydrogens is 632 g/mol. The van der Waals surface area contributed by atoms with Crippen LogP contribution < -0.4 is 5.73 Å². The van der Waals surface area contributed by atoms with Gasteiger partial charge < -0.3 is 65.3 Å². The van der Waals surface area contributed by atoms with Crippen LogP contribution >= 0.6 is 14.5 Å². The monoisotopic (exact) mass is 661 g/mol. The third-order valence-corrected chi connectivity index (χ3v) is 10.1. The second kappa shape index (κ2) is 12.4. The lowest BCUT2D eigenvalue weighted by molar-refractivity contribution is -0.292. The molecule has 2 aliphatic rings. The molecule has 2 fully saturated rings. The van der Waals surface area contributed by atoms with Crippen molar-refractivity contribution in [2.75, 3.05) is 18.9 Å². The summed E-state index contributed by atoms with van der Waals surface area (Å²) in [6, 6.07) is 0. The van der Waals surface area contributed by atoms with E-state index in [-0.39, 0.29) is 17.2 Å². The van der Waals surface area contributed by atoms with E-state index in [1.807, 2.05) is 0 Å². The Morgan fingerprint density at radius 2 is 1.90 bits per heavy atom. The summed E-state index contributed by atoms with van der Waals surface area (Å²) < 4.78 is 38.7. The second-order valence-corrected chi connectivity index (χ2v) is 13.6. The number of aliphatic hydroxyl groups excluding tert-OH is 6. The number of nitrogens with zero attached hydrogens (tertiary/aromatic N) is 4. The maximum atomic E-state index is 12.6. The summed E-state index contributed by atoms with van der Waals surface area (Å²) in [4.78, 5) is 28.4. The van der Waals surface area contributed by atoms with E-state index in [4.69, 9.17) is 36.6 Å². The van der Waals surface area contributed by atoms with E-state index < -0.39 is 88.5 Å². The normalized spacial score (nSPS) is 37.3. The highest BCUT2D eigenvalue weighted by atomic mass is 32.5. The molecule has 4 heterocycles. The molecule has 4 rings (SSSR count). The zero-order chi connectivity index (χ0) is 31.2. The third-order valence-electron chi connectivity index (χ3n) is 6.54. The number of anilines is 1. The number of aromatic nitrogens is 4. The van der Waals surface area contributed by atoms with Crippen LogP contribution in [0.25, 0.3) is 5.65 Å². The first-order chi connectivity index (χ1) is 19.5. The van der Waals surface area contributed by atoms with Crippen LogP contribution in [0.4, 0.5) is 5.95 Å². The fraction of sp³-hybridized carbons (Fsp3) is 0.632. The van der Waals surface area contributed by atoms with Gasteiger partial charge in [-0.05, 0) is 11.8 Å². The first kappa shape index (κ1) is 33.3. The summed E-state index contributed by atoms with van der Waals surface area (Å²) in [5.74, 6) is -0.0301. The number of fused-ring (bicyclic) bond motifs is 1. The predicted molar refractivity (Wildman–Crippen MR) is 138 cm³/mol. The minimum absolute atomic E-state index is 0.0301. The molecule has 0 saturated carbocycles. The molecule has 0 aliphatic carbocycles. The Morgan fingerprint density at radius 1 is 1.21 bits per heavy atom. The second-order valence-electron chi connectivity index (χ2n) is 9.27. The van der Waals surface area contributed by atoms with Crippen LogP contribution in [0.2, 0.25) is 0 Å². The molecular formula is C19H29N5O15P2S. The summed E-state index contributed by atoms with van der Waals surface area (Å²) in [6.45, 7) is -2.96. The number of rotatable bonds is 11. The van der Waals surface area contributed by atoms with Gasteiger partial charge >= 0.3 is 14.5 Å². The highest BCUT2D eigenvalue weighted by Crippen LogP contribution is 2.62. The molecule has 42 heavy (non-hydrogen) atoms. The number of hydrogen-bond donors (Lipinski definition) is 10. The van der Waals surface area contributed by atoms with Gasteiger partial charge in [-0.25, -0.2) is 18.8 Å². The molecule has 0 radical (unpaired) electrons. The number of hydrogen-bond acceptors (Lipinski definition) is 18. The Labute approximate surface area is 241 Å². The molecule has 2 aromatic rings. The first-order valence-electron chi connectivity index (χ1n) is 11.9. The molecule has 236 valence electrons. The third kappa shape index (κ3) is 6.43. The maximum absolute atomic E-state index is 12.6. The Bertz CT molecular complexity index is 1390. The van der Waals surface area contributed by atoms with Gasteiger partial charge in [0, 0.05) is 5.56 Å². The molecule has 0 aromatic carbocycles. The molecule has 2 aliphatic heterocycles. The van der Waals surface area contributed by atoms with Crippen LogP contribution in [-0.2, 0) is 39.2 Å². The fourth-order valence-electron chi connectivity index (χ4n) is 4.38. The van der Waals surface area contributed by atoms with Crippen molar-refractivity contribution in [2.45, 2.75) is 60.7 Å². The topological polar surface area (TPSA) is 314 Å². The van der Waals surface area contributed by atoms with Gasteiger partial charge in [-0.15, -0.1) is 6.58 Å². The van der Waals surface area contributed by atoms with Gasteiger partial charge in [0.25, 0.3) is 0 Å². The molecule has 20 nitrogen and oxygen atoms in total. The van der Waals surface area contributed by atoms with Gasteiger partial charge in [0.1, 0.15) is 60.8 Å². The molecule has 2 aromatic heterocycles. The van der Waals surface area contributed by atoms with Crippen molar-refractivity contribution in [1.82, 2.24) is 19.6 Å². The Morgan fingerprint density at radius 3 is 2.55 bits per heavy atom. The number of ether oxygens (including phenoxy) is 2. The summed E-state index contributed by atoms with van der Waals surface area (Å²) >= 11 is 4.74. The maximum Gasteiger partial charge on any atom is 0.481 e. The number of nitrogen functional groups attached to an aromatic ring is 1.